The van der Waals surface area contributed by atoms with Crippen LogP contribution in [0.2, 0.25) is 0 Å². The topological polar surface area (TPSA) is 114 Å². The highest BCUT2D eigenvalue weighted by Crippen LogP contribution is 2.36. The molecule has 2 N–H and O–H groups in total. The number of hydrogen-bond acceptors (Lipinski definition) is 7. The van der Waals surface area contributed by atoms with Crippen molar-refractivity contribution in [2.75, 3.05) is 51.5 Å². The zero-order chi connectivity index (χ0) is 22.1. The number of fused-ring (bicyclic) bond motifs is 1. The molecule has 168 valence electrons. The van der Waals surface area contributed by atoms with E-state index in [1.807, 2.05) is 6.07 Å². The van der Waals surface area contributed by atoms with E-state index in [1.165, 1.54) is 0 Å². The van der Waals surface area contributed by atoms with Crippen LogP contribution in [0.1, 0.15) is 6.42 Å². The van der Waals surface area contributed by atoms with Crippen LogP contribution in [0.25, 0.3) is 0 Å². The van der Waals surface area contributed by atoms with Crippen LogP contribution in [0.15, 0.2) is 18.5 Å². The summed E-state index contributed by atoms with van der Waals surface area (Å²) in [6.45, 7) is 4.31. The highest BCUT2D eigenvalue weighted by Gasteiger charge is 2.42. The number of carbonyl (C=O) groups excluding carboxylic acids is 1. The Balaban J connectivity index is 0.000000396. The Labute approximate surface area is 171 Å². The molecule has 0 unspecified atom stereocenters. The van der Waals surface area contributed by atoms with E-state index in [1.54, 1.807) is 19.5 Å². The molecule has 2 aliphatic rings. The minimum absolute atomic E-state index is 0.0747. The molecule has 0 spiro atoms. The standard InChI is InChI=1S/C16H24N4O3.C2HF3O2/c1-22-6-5-17-15(21)7-12-10-23-11-13-8-20(9-14(12)13)16-18-3-2-4-19-16;3-2(4,5)1(6)7/h2-4,12-14H,5-11H2,1H3,(H,17,21);(H,6,7)/t12-,13-,14+;/m1./s1. The number of aliphatic carboxylic acids is 1. The zero-order valence-electron chi connectivity index (χ0n) is 16.5. The van der Waals surface area contributed by atoms with Gasteiger partial charge in [-0.05, 0) is 17.9 Å². The zero-order valence-corrected chi connectivity index (χ0v) is 16.5. The van der Waals surface area contributed by atoms with Crippen molar-refractivity contribution in [1.82, 2.24) is 15.3 Å². The average molecular weight is 434 g/mol. The molecular formula is C18H25F3N4O5. The first-order chi connectivity index (χ1) is 14.2. The molecule has 0 bridgehead atoms. The second-order valence-electron chi connectivity index (χ2n) is 7.03. The third-order valence-electron chi connectivity index (χ3n) is 4.91. The number of rotatable bonds is 6. The molecule has 2 aliphatic heterocycles. The predicted octanol–water partition coefficient (Wildman–Crippen LogP) is 0.961. The van der Waals surface area contributed by atoms with Crippen LogP contribution in [0.5, 0.6) is 0 Å². The van der Waals surface area contributed by atoms with E-state index >= 15 is 0 Å². The molecule has 0 saturated carbocycles. The van der Waals surface area contributed by atoms with Gasteiger partial charge in [-0.2, -0.15) is 13.2 Å². The minimum Gasteiger partial charge on any atom is -0.475 e. The number of amides is 1. The van der Waals surface area contributed by atoms with Crippen molar-refractivity contribution < 1.29 is 37.3 Å². The second kappa shape index (κ2) is 11.1. The van der Waals surface area contributed by atoms with Crippen LogP contribution in [0.3, 0.4) is 0 Å². The van der Waals surface area contributed by atoms with Crippen molar-refractivity contribution in [2.45, 2.75) is 12.6 Å². The van der Waals surface area contributed by atoms with Gasteiger partial charge in [0.1, 0.15) is 0 Å². The van der Waals surface area contributed by atoms with E-state index < -0.39 is 12.1 Å². The first-order valence-corrected chi connectivity index (χ1v) is 9.37. The number of nitrogens with zero attached hydrogens (tertiary/aromatic N) is 3. The molecule has 0 aliphatic carbocycles. The van der Waals surface area contributed by atoms with Gasteiger partial charge in [-0.25, -0.2) is 14.8 Å². The number of carbonyl (C=O) groups is 2. The molecular weight excluding hydrogens is 409 g/mol. The number of alkyl halides is 3. The van der Waals surface area contributed by atoms with Crippen molar-refractivity contribution in [2.24, 2.45) is 17.8 Å². The first kappa shape index (κ1) is 23.8. The van der Waals surface area contributed by atoms with Crippen molar-refractivity contribution in [3.8, 4) is 0 Å². The van der Waals surface area contributed by atoms with E-state index in [4.69, 9.17) is 19.4 Å². The number of methoxy groups -OCH3 is 1. The molecule has 3 atom stereocenters. The van der Waals surface area contributed by atoms with Crippen molar-refractivity contribution in [3.63, 3.8) is 0 Å². The monoisotopic (exact) mass is 434 g/mol. The first-order valence-electron chi connectivity index (χ1n) is 9.37. The number of hydrogen-bond donors (Lipinski definition) is 2. The SMILES string of the molecule is COCCNC(=O)C[C@@H]1COC[C@H]2CN(c3ncccn3)C[C@@H]12.O=C(O)C(F)(F)F. The summed E-state index contributed by atoms with van der Waals surface area (Å²) in [6.07, 6.45) is -1.04. The van der Waals surface area contributed by atoms with E-state index in [0.717, 1.165) is 25.6 Å². The Hall–Kier alpha value is -2.47. The summed E-state index contributed by atoms with van der Waals surface area (Å²) in [5.74, 6) is -0.751. The number of nitrogens with one attached hydrogen (secondary N) is 1. The van der Waals surface area contributed by atoms with Gasteiger partial charge in [-0.1, -0.05) is 0 Å². The molecule has 2 saturated heterocycles. The van der Waals surface area contributed by atoms with E-state index in [-0.39, 0.29) is 11.8 Å². The Morgan fingerprint density at radius 2 is 1.97 bits per heavy atom. The van der Waals surface area contributed by atoms with Gasteiger partial charge in [0.15, 0.2) is 0 Å². The Morgan fingerprint density at radius 1 is 1.30 bits per heavy atom. The quantitative estimate of drug-likeness (QED) is 0.637. The molecule has 12 heteroatoms. The summed E-state index contributed by atoms with van der Waals surface area (Å²) >= 11 is 0. The smallest absolute Gasteiger partial charge is 0.475 e. The summed E-state index contributed by atoms with van der Waals surface area (Å²) in [7, 11) is 1.63. The fourth-order valence-corrected chi connectivity index (χ4v) is 3.53. The third-order valence-corrected chi connectivity index (χ3v) is 4.91. The third kappa shape index (κ3) is 7.10. The predicted molar refractivity (Wildman–Crippen MR) is 98.7 cm³/mol. The van der Waals surface area contributed by atoms with Crippen molar-refractivity contribution in [1.29, 1.82) is 0 Å². The molecule has 0 aromatic carbocycles. The fraction of sp³-hybridized carbons (Fsp3) is 0.667. The molecule has 9 nitrogen and oxygen atoms in total. The van der Waals surface area contributed by atoms with E-state index in [9.17, 15) is 18.0 Å². The number of ether oxygens (including phenoxy) is 2. The molecule has 2 fully saturated rings. The maximum absolute atomic E-state index is 12.1. The lowest BCUT2D eigenvalue weighted by atomic mass is 9.81. The summed E-state index contributed by atoms with van der Waals surface area (Å²) in [5.41, 5.74) is 0. The van der Waals surface area contributed by atoms with Gasteiger partial charge in [-0.15, -0.1) is 0 Å². The fourth-order valence-electron chi connectivity index (χ4n) is 3.53. The van der Waals surface area contributed by atoms with Crippen LogP contribution in [0, 0.1) is 17.8 Å². The van der Waals surface area contributed by atoms with Gasteiger partial charge in [0.05, 0.1) is 19.8 Å². The van der Waals surface area contributed by atoms with Crippen LogP contribution < -0.4 is 10.2 Å². The number of halogens is 3. The molecule has 1 aromatic heterocycles. The lowest BCUT2D eigenvalue weighted by Gasteiger charge is -2.32. The van der Waals surface area contributed by atoms with Crippen molar-refractivity contribution >= 4 is 17.8 Å². The maximum atomic E-state index is 12.1. The number of carboxylic acid groups (broad SMARTS) is 1. The summed E-state index contributed by atoms with van der Waals surface area (Å²) in [6, 6.07) is 1.82. The highest BCUT2D eigenvalue weighted by atomic mass is 19.4. The van der Waals surface area contributed by atoms with Gasteiger partial charge in [0.25, 0.3) is 0 Å². The molecule has 30 heavy (non-hydrogen) atoms. The van der Waals surface area contributed by atoms with Crippen molar-refractivity contribution in [3.05, 3.63) is 18.5 Å². The maximum Gasteiger partial charge on any atom is 0.490 e. The lowest BCUT2D eigenvalue weighted by molar-refractivity contribution is -0.192. The van der Waals surface area contributed by atoms with E-state index in [2.05, 4.69) is 20.2 Å². The van der Waals surface area contributed by atoms with Crippen LogP contribution >= 0.6 is 0 Å². The van der Waals surface area contributed by atoms with Gasteiger partial charge in [-0.3, -0.25) is 4.79 Å². The van der Waals surface area contributed by atoms with Gasteiger partial charge >= 0.3 is 12.1 Å². The number of carboxylic acids is 1. The lowest BCUT2D eigenvalue weighted by Crippen LogP contribution is -2.38. The van der Waals surface area contributed by atoms with Gasteiger partial charge in [0.2, 0.25) is 11.9 Å². The summed E-state index contributed by atoms with van der Waals surface area (Å²) < 4.78 is 42.4. The Morgan fingerprint density at radius 3 is 2.57 bits per heavy atom. The van der Waals surface area contributed by atoms with Crippen LogP contribution in [-0.4, -0.2) is 79.7 Å². The molecule has 1 amide bonds. The summed E-state index contributed by atoms with van der Waals surface area (Å²) in [5, 5.41) is 10.0. The molecule has 0 radical (unpaired) electrons. The Kier molecular flexibility index (Phi) is 8.78. The van der Waals surface area contributed by atoms with Crippen LogP contribution in [-0.2, 0) is 19.1 Å². The van der Waals surface area contributed by atoms with E-state index in [0.29, 0.717) is 38.0 Å². The Bertz CT molecular complexity index is 692. The van der Waals surface area contributed by atoms with Crippen LogP contribution in [0.4, 0.5) is 19.1 Å². The average Bonchev–Trinajstić information content (AvgIpc) is 3.14. The largest absolute Gasteiger partial charge is 0.490 e. The van der Waals surface area contributed by atoms with Gasteiger partial charge < -0.3 is 24.8 Å². The molecule has 1 aromatic rings. The molecule has 3 rings (SSSR count). The second-order valence-corrected chi connectivity index (χ2v) is 7.03. The minimum atomic E-state index is -5.08. The summed E-state index contributed by atoms with van der Waals surface area (Å²) in [4.78, 5) is 31.8. The number of anilines is 1. The highest BCUT2D eigenvalue weighted by molar-refractivity contribution is 5.76. The normalized spacial score (nSPS) is 23.2. The van der Waals surface area contributed by atoms with Gasteiger partial charge in [0, 0.05) is 51.5 Å². The molecule has 3 heterocycles. The number of aromatic nitrogens is 2.